The van der Waals surface area contributed by atoms with Gasteiger partial charge in [0.1, 0.15) is 5.54 Å². The first-order valence-corrected chi connectivity index (χ1v) is 14.5. The van der Waals surface area contributed by atoms with Gasteiger partial charge in [0.05, 0.1) is 5.75 Å². The van der Waals surface area contributed by atoms with E-state index in [4.69, 9.17) is 5.73 Å². The Hall–Kier alpha value is -2.39. The molecule has 2 aliphatic heterocycles. The van der Waals surface area contributed by atoms with E-state index in [0.717, 1.165) is 55.3 Å². The van der Waals surface area contributed by atoms with Gasteiger partial charge in [-0.25, -0.2) is 0 Å². The molecule has 1 saturated carbocycles. The second kappa shape index (κ2) is 11.3. The quantitative estimate of drug-likeness (QED) is 0.568. The maximum atomic E-state index is 13.2. The molecule has 3 aliphatic rings. The first-order valence-electron chi connectivity index (χ1n) is 13.5. The van der Waals surface area contributed by atoms with Gasteiger partial charge in [0.2, 0.25) is 11.8 Å². The zero-order valence-electron chi connectivity index (χ0n) is 21.1. The number of nitrogens with two attached hydrogens (primary N) is 1. The van der Waals surface area contributed by atoms with Crippen molar-refractivity contribution < 1.29 is 9.59 Å². The van der Waals surface area contributed by atoms with Crippen molar-refractivity contribution >= 4 is 23.6 Å². The van der Waals surface area contributed by atoms with E-state index in [9.17, 15) is 9.59 Å². The van der Waals surface area contributed by atoms with Crippen LogP contribution in [0.2, 0.25) is 0 Å². The van der Waals surface area contributed by atoms with Gasteiger partial charge in [0, 0.05) is 24.7 Å². The highest BCUT2D eigenvalue weighted by Gasteiger charge is 2.45. The first-order chi connectivity index (χ1) is 17.6. The van der Waals surface area contributed by atoms with Crippen LogP contribution in [-0.2, 0) is 9.59 Å². The smallest absolute Gasteiger partial charge is 0.238 e. The lowest BCUT2D eigenvalue weighted by Crippen LogP contribution is -2.63. The van der Waals surface area contributed by atoms with Crippen LogP contribution in [0.3, 0.4) is 0 Å². The van der Waals surface area contributed by atoms with Crippen molar-refractivity contribution in [2.24, 2.45) is 5.73 Å². The molecule has 1 aliphatic carbocycles. The Labute approximate surface area is 218 Å². The van der Waals surface area contributed by atoms with Crippen LogP contribution in [0.25, 0.3) is 11.4 Å². The molecule has 0 spiro atoms. The predicted octanol–water partition coefficient (Wildman–Crippen LogP) is 3.87. The molecular formula is C27H38N6O2S. The summed E-state index contributed by atoms with van der Waals surface area (Å²) < 4.78 is 2.27. The molecule has 1 aromatic carbocycles. The molecule has 36 heavy (non-hydrogen) atoms. The average molecular weight is 511 g/mol. The van der Waals surface area contributed by atoms with E-state index in [1.54, 1.807) is 0 Å². The highest BCUT2D eigenvalue weighted by atomic mass is 32.2. The normalized spacial score (nSPS) is 21.4. The summed E-state index contributed by atoms with van der Waals surface area (Å²) in [7, 11) is 0. The number of hydrogen-bond acceptors (Lipinski definition) is 6. The van der Waals surface area contributed by atoms with Gasteiger partial charge in [0.15, 0.2) is 11.0 Å². The lowest BCUT2D eigenvalue weighted by molar-refractivity contribution is -0.140. The van der Waals surface area contributed by atoms with E-state index in [0.29, 0.717) is 37.7 Å². The van der Waals surface area contributed by atoms with Crippen LogP contribution in [0.15, 0.2) is 35.5 Å². The fourth-order valence-electron chi connectivity index (χ4n) is 6.21. The van der Waals surface area contributed by atoms with Gasteiger partial charge in [-0.1, -0.05) is 67.8 Å². The van der Waals surface area contributed by atoms with Crippen molar-refractivity contribution in [3.8, 4) is 11.4 Å². The molecule has 2 amide bonds. The topological polar surface area (TPSA) is 97.4 Å². The number of thioether (sulfide) groups is 1. The molecule has 2 saturated heterocycles. The van der Waals surface area contributed by atoms with Crippen LogP contribution in [0.1, 0.15) is 70.3 Å². The Morgan fingerprint density at radius 3 is 2.25 bits per heavy atom. The predicted molar refractivity (Wildman–Crippen MR) is 141 cm³/mol. The zero-order valence-corrected chi connectivity index (χ0v) is 21.9. The van der Waals surface area contributed by atoms with Gasteiger partial charge in [-0.15, -0.1) is 10.2 Å². The number of amides is 2. The number of rotatable bonds is 7. The Morgan fingerprint density at radius 1 is 0.917 bits per heavy atom. The van der Waals surface area contributed by atoms with Crippen LogP contribution in [0.5, 0.6) is 0 Å². The third kappa shape index (κ3) is 5.18. The van der Waals surface area contributed by atoms with Crippen molar-refractivity contribution in [1.29, 1.82) is 0 Å². The zero-order chi connectivity index (χ0) is 25.0. The van der Waals surface area contributed by atoms with E-state index in [-0.39, 0.29) is 11.8 Å². The molecule has 0 atom stereocenters. The standard InChI is InChI=1S/C27H38N6O2S/c28-25(35)27(32-16-8-3-9-17-32)14-18-31(19-15-27)23(34)20-36-26-30-29-24(21-10-4-1-5-11-21)33(26)22-12-6-2-7-13-22/h1,4-5,10-11,22H,2-3,6-9,12-20H2,(H2,28,35). The number of carbonyl (C=O) groups is 2. The number of benzene rings is 1. The van der Waals surface area contributed by atoms with Gasteiger partial charge in [-0.2, -0.15) is 0 Å². The number of aromatic nitrogens is 3. The van der Waals surface area contributed by atoms with E-state index in [1.807, 2.05) is 23.1 Å². The SMILES string of the molecule is NC(=O)C1(N2CCCCC2)CCN(C(=O)CSc2nnc(-c3ccccc3)n2C2CCCCC2)CC1. The summed E-state index contributed by atoms with van der Waals surface area (Å²) in [5.74, 6) is 1.08. The summed E-state index contributed by atoms with van der Waals surface area (Å²) in [5, 5.41) is 9.91. The van der Waals surface area contributed by atoms with Gasteiger partial charge in [-0.05, 0) is 51.6 Å². The van der Waals surface area contributed by atoms with Crippen molar-refractivity contribution in [3.05, 3.63) is 30.3 Å². The van der Waals surface area contributed by atoms with Crippen LogP contribution in [0.4, 0.5) is 0 Å². The van der Waals surface area contributed by atoms with Gasteiger partial charge in [-0.3, -0.25) is 19.1 Å². The fourth-order valence-corrected chi connectivity index (χ4v) is 7.12. The number of piperidine rings is 2. The maximum absolute atomic E-state index is 13.2. The van der Waals surface area contributed by atoms with Gasteiger partial charge in [0.25, 0.3) is 0 Å². The van der Waals surface area contributed by atoms with E-state index >= 15 is 0 Å². The van der Waals surface area contributed by atoms with E-state index < -0.39 is 5.54 Å². The summed E-state index contributed by atoms with van der Waals surface area (Å²) in [5.41, 5.74) is 6.38. The van der Waals surface area contributed by atoms with Crippen molar-refractivity contribution in [2.75, 3.05) is 31.9 Å². The van der Waals surface area contributed by atoms with E-state index in [1.165, 1.54) is 37.4 Å². The molecule has 0 bridgehead atoms. The molecule has 8 nitrogen and oxygen atoms in total. The fraction of sp³-hybridized carbons (Fsp3) is 0.630. The highest BCUT2D eigenvalue weighted by Crippen LogP contribution is 2.36. The highest BCUT2D eigenvalue weighted by molar-refractivity contribution is 7.99. The number of primary amides is 1. The summed E-state index contributed by atoms with van der Waals surface area (Å²) in [4.78, 5) is 29.9. The minimum Gasteiger partial charge on any atom is -0.368 e. The van der Waals surface area contributed by atoms with Crippen molar-refractivity contribution in [3.63, 3.8) is 0 Å². The number of nitrogens with zero attached hydrogens (tertiary/aromatic N) is 5. The molecule has 3 fully saturated rings. The Balaban J connectivity index is 1.25. The molecule has 0 unspecified atom stereocenters. The third-order valence-corrected chi connectivity index (χ3v) is 9.25. The Bertz CT molecular complexity index is 1040. The molecule has 2 N–H and O–H groups in total. The summed E-state index contributed by atoms with van der Waals surface area (Å²) in [6, 6.07) is 10.6. The third-order valence-electron chi connectivity index (χ3n) is 8.32. The minimum atomic E-state index is -0.601. The van der Waals surface area contributed by atoms with Crippen LogP contribution in [0, 0.1) is 0 Å². The molecule has 5 rings (SSSR count). The molecule has 2 aromatic rings. The Morgan fingerprint density at radius 2 is 1.58 bits per heavy atom. The van der Waals surface area contributed by atoms with Crippen LogP contribution in [-0.4, -0.2) is 73.8 Å². The molecule has 9 heteroatoms. The molecule has 194 valence electrons. The Kier molecular flexibility index (Phi) is 7.96. The molecule has 1 aromatic heterocycles. The lowest BCUT2D eigenvalue weighted by atomic mass is 9.83. The average Bonchev–Trinajstić information content (AvgIpc) is 3.37. The number of hydrogen-bond donors (Lipinski definition) is 1. The number of likely N-dealkylation sites (tertiary alicyclic amines) is 2. The lowest BCUT2D eigenvalue weighted by Gasteiger charge is -2.48. The maximum Gasteiger partial charge on any atom is 0.238 e. The second-order valence-corrected chi connectivity index (χ2v) is 11.4. The number of carbonyl (C=O) groups excluding carboxylic acids is 2. The summed E-state index contributed by atoms with van der Waals surface area (Å²) in [6.07, 6.45) is 10.6. The summed E-state index contributed by atoms with van der Waals surface area (Å²) >= 11 is 1.49. The minimum absolute atomic E-state index is 0.0937. The van der Waals surface area contributed by atoms with Crippen molar-refractivity contribution in [2.45, 2.75) is 80.9 Å². The first kappa shape index (κ1) is 25.3. The molecule has 3 heterocycles. The molecular weight excluding hydrogens is 472 g/mol. The van der Waals surface area contributed by atoms with Crippen LogP contribution < -0.4 is 5.73 Å². The van der Waals surface area contributed by atoms with E-state index in [2.05, 4.69) is 31.8 Å². The largest absolute Gasteiger partial charge is 0.368 e. The van der Waals surface area contributed by atoms with Crippen molar-refractivity contribution in [1.82, 2.24) is 24.6 Å². The monoisotopic (exact) mass is 510 g/mol. The van der Waals surface area contributed by atoms with Gasteiger partial charge < -0.3 is 10.6 Å². The second-order valence-electron chi connectivity index (χ2n) is 10.4. The van der Waals surface area contributed by atoms with Crippen LogP contribution >= 0.6 is 11.8 Å². The molecule has 0 radical (unpaired) electrons. The summed E-state index contributed by atoms with van der Waals surface area (Å²) in [6.45, 7) is 2.99. The van der Waals surface area contributed by atoms with Gasteiger partial charge >= 0.3 is 0 Å².